The molecule has 2 atom stereocenters. The molecule has 100 valence electrons. The summed E-state index contributed by atoms with van der Waals surface area (Å²) < 4.78 is 0. The molecule has 0 N–H and O–H groups in total. The van der Waals surface area contributed by atoms with Gasteiger partial charge in [-0.05, 0) is 37.5 Å². The second kappa shape index (κ2) is 4.41. The van der Waals surface area contributed by atoms with Gasteiger partial charge in [-0.25, -0.2) is 0 Å². The zero-order chi connectivity index (χ0) is 13.5. The van der Waals surface area contributed by atoms with E-state index in [1.807, 2.05) is 0 Å². The first-order chi connectivity index (χ1) is 8.33. The Morgan fingerprint density at radius 3 is 2.22 bits per heavy atom. The number of carbonyl (C=O) groups is 2. The molecule has 0 saturated carbocycles. The number of rotatable bonds is 2. The molecule has 2 aliphatic rings. The van der Waals surface area contributed by atoms with Crippen LogP contribution in [-0.4, -0.2) is 11.9 Å². The third kappa shape index (κ3) is 2.16. The molecule has 0 amide bonds. The maximum Gasteiger partial charge on any atom is 0.0455 e. The molecule has 2 rings (SSSR count). The second-order valence-corrected chi connectivity index (χ2v) is 6.08. The molecule has 4 nitrogen and oxygen atoms in total. The molecule has 0 bridgehead atoms. The Labute approximate surface area is 107 Å². The van der Waals surface area contributed by atoms with Gasteiger partial charge in [-0.15, -0.1) is 0 Å². The molecule has 0 radical (unpaired) electrons. The van der Waals surface area contributed by atoms with Crippen molar-refractivity contribution in [3.05, 3.63) is 11.1 Å². The summed E-state index contributed by atoms with van der Waals surface area (Å²) in [6.45, 7) is 4.21. The van der Waals surface area contributed by atoms with Crippen molar-refractivity contribution >= 4 is 11.9 Å². The monoisotopic (exact) mass is 250 g/mol. The highest BCUT2D eigenvalue weighted by molar-refractivity contribution is 5.79. The molecule has 0 unspecified atom stereocenters. The largest absolute Gasteiger partial charge is 0.550 e. The predicted octanol–water partition coefficient (Wildman–Crippen LogP) is 0.0191. The lowest BCUT2D eigenvalue weighted by molar-refractivity contribution is -0.327. The summed E-state index contributed by atoms with van der Waals surface area (Å²) in [5.41, 5.74) is 2.26. The van der Waals surface area contributed by atoms with Crippen molar-refractivity contribution in [2.75, 3.05) is 0 Å². The lowest BCUT2D eigenvalue weighted by Crippen LogP contribution is -2.47. The first kappa shape index (κ1) is 13.1. The van der Waals surface area contributed by atoms with Crippen molar-refractivity contribution in [3.63, 3.8) is 0 Å². The van der Waals surface area contributed by atoms with Gasteiger partial charge in [0.1, 0.15) is 0 Å². The molecule has 0 aromatic rings. The number of carboxylic acid groups (broad SMARTS) is 2. The zero-order valence-electron chi connectivity index (χ0n) is 10.8. The minimum Gasteiger partial charge on any atom is -0.550 e. The molecule has 0 aliphatic heterocycles. The van der Waals surface area contributed by atoms with Crippen molar-refractivity contribution < 1.29 is 19.8 Å². The third-order valence-corrected chi connectivity index (χ3v) is 4.51. The molecule has 0 aromatic carbocycles. The van der Waals surface area contributed by atoms with Crippen LogP contribution in [0.1, 0.15) is 46.0 Å². The van der Waals surface area contributed by atoms with E-state index < -0.39 is 23.8 Å². The molecule has 0 aromatic heterocycles. The molecule has 0 spiro atoms. The van der Waals surface area contributed by atoms with E-state index in [-0.39, 0.29) is 5.41 Å². The Morgan fingerprint density at radius 1 is 1.11 bits per heavy atom. The molecule has 0 heterocycles. The minimum absolute atomic E-state index is 0.0157. The smallest absolute Gasteiger partial charge is 0.0455 e. The Morgan fingerprint density at radius 2 is 1.67 bits per heavy atom. The molecule has 18 heavy (non-hydrogen) atoms. The first-order valence-corrected chi connectivity index (χ1v) is 6.46. The fourth-order valence-corrected chi connectivity index (χ4v) is 3.44. The molecule has 0 saturated heterocycles. The van der Waals surface area contributed by atoms with Crippen LogP contribution in [0.2, 0.25) is 0 Å². The number of hydrogen-bond acceptors (Lipinski definition) is 4. The van der Waals surface area contributed by atoms with E-state index in [2.05, 4.69) is 13.8 Å². The normalized spacial score (nSPS) is 30.8. The average molecular weight is 250 g/mol. The van der Waals surface area contributed by atoms with Crippen LogP contribution in [0, 0.1) is 17.3 Å². The second-order valence-electron chi connectivity index (χ2n) is 6.08. The van der Waals surface area contributed by atoms with Crippen molar-refractivity contribution in [2.45, 2.75) is 46.0 Å². The minimum atomic E-state index is -1.27. The maximum atomic E-state index is 11.1. The van der Waals surface area contributed by atoms with Crippen LogP contribution in [0.4, 0.5) is 0 Å². The SMILES string of the molecule is CC1(C)CCCC2=C1C[C@@H](C(=O)[O-])[C@@H](C(=O)[O-])C2. The van der Waals surface area contributed by atoms with Gasteiger partial charge in [0, 0.05) is 23.8 Å². The van der Waals surface area contributed by atoms with Gasteiger partial charge >= 0.3 is 0 Å². The van der Waals surface area contributed by atoms with E-state index in [1.54, 1.807) is 0 Å². The Hall–Kier alpha value is -1.32. The fraction of sp³-hybridized carbons (Fsp3) is 0.714. The lowest BCUT2D eigenvalue weighted by atomic mass is 9.63. The van der Waals surface area contributed by atoms with E-state index in [9.17, 15) is 19.8 Å². The van der Waals surface area contributed by atoms with Crippen LogP contribution < -0.4 is 10.2 Å². The van der Waals surface area contributed by atoms with Crippen molar-refractivity contribution in [3.8, 4) is 0 Å². The van der Waals surface area contributed by atoms with Crippen LogP contribution in [0.3, 0.4) is 0 Å². The Bertz CT molecular complexity index is 420. The highest BCUT2D eigenvalue weighted by atomic mass is 16.4. The molecular formula is C14H18O4-2. The van der Waals surface area contributed by atoms with Gasteiger partial charge < -0.3 is 19.8 Å². The number of allylic oxidation sites excluding steroid dienone is 2. The summed E-state index contributed by atoms with van der Waals surface area (Å²) in [6, 6.07) is 0. The van der Waals surface area contributed by atoms with Gasteiger partial charge in [0.25, 0.3) is 0 Å². The van der Waals surface area contributed by atoms with Gasteiger partial charge in [-0.1, -0.05) is 25.0 Å². The number of carbonyl (C=O) groups excluding carboxylic acids is 2. The fourth-order valence-electron chi connectivity index (χ4n) is 3.44. The number of hydrogen-bond donors (Lipinski definition) is 0. The lowest BCUT2D eigenvalue weighted by Gasteiger charge is -2.44. The van der Waals surface area contributed by atoms with Crippen LogP contribution in [-0.2, 0) is 9.59 Å². The standard InChI is InChI=1S/C14H20O4/c1-14(2)5-3-4-8-6-9(12(15)16)10(13(17)18)7-11(8)14/h9-10H,3-7H2,1-2H3,(H,15,16)(H,17,18)/p-2/t9-,10+/m0/s1. The van der Waals surface area contributed by atoms with Crippen molar-refractivity contribution in [1.82, 2.24) is 0 Å². The quantitative estimate of drug-likeness (QED) is 0.647. The van der Waals surface area contributed by atoms with Gasteiger partial charge in [0.2, 0.25) is 0 Å². The third-order valence-electron chi connectivity index (χ3n) is 4.51. The molecule has 2 aliphatic carbocycles. The van der Waals surface area contributed by atoms with Gasteiger partial charge in [-0.3, -0.25) is 0 Å². The van der Waals surface area contributed by atoms with E-state index in [4.69, 9.17) is 0 Å². The summed E-state index contributed by atoms with van der Waals surface area (Å²) >= 11 is 0. The average Bonchev–Trinajstić information content (AvgIpc) is 2.27. The highest BCUT2D eigenvalue weighted by Crippen LogP contribution is 2.49. The van der Waals surface area contributed by atoms with Crippen molar-refractivity contribution in [2.24, 2.45) is 17.3 Å². The Balaban J connectivity index is 2.37. The predicted molar refractivity (Wildman–Crippen MR) is 60.9 cm³/mol. The summed E-state index contributed by atoms with van der Waals surface area (Å²) in [7, 11) is 0. The van der Waals surface area contributed by atoms with Crippen molar-refractivity contribution in [1.29, 1.82) is 0 Å². The zero-order valence-corrected chi connectivity index (χ0v) is 10.8. The number of carboxylic acids is 2. The topological polar surface area (TPSA) is 80.3 Å². The van der Waals surface area contributed by atoms with Gasteiger partial charge in [-0.2, -0.15) is 0 Å². The van der Waals surface area contributed by atoms with E-state index in [1.165, 1.54) is 0 Å². The van der Waals surface area contributed by atoms with Gasteiger partial charge in [0.15, 0.2) is 0 Å². The molecular weight excluding hydrogens is 232 g/mol. The summed E-state index contributed by atoms with van der Waals surface area (Å²) in [5.74, 6) is -4.40. The summed E-state index contributed by atoms with van der Waals surface area (Å²) in [4.78, 5) is 22.2. The summed E-state index contributed by atoms with van der Waals surface area (Å²) in [5, 5.41) is 22.2. The summed E-state index contributed by atoms with van der Waals surface area (Å²) in [6.07, 6.45) is 3.59. The van der Waals surface area contributed by atoms with Crippen LogP contribution in [0.5, 0.6) is 0 Å². The van der Waals surface area contributed by atoms with Crippen LogP contribution >= 0.6 is 0 Å². The van der Waals surface area contributed by atoms with Crippen LogP contribution in [0.15, 0.2) is 11.1 Å². The van der Waals surface area contributed by atoms with Crippen LogP contribution in [0.25, 0.3) is 0 Å². The molecule has 0 fully saturated rings. The maximum absolute atomic E-state index is 11.1. The molecule has 4 heteroatoms. The Kier molecular flexibility index (Phi) is 3.21. The first-order valence-electron chi connectivity index (χ1n) is 6.46. The highest BCUT2D eigenvalue weighted by Gasteiger charge is 2.38. The van der Waals surface area contributed by atoms with E-state index in [0.717, 1.165) is 30.4 Å². The van der Waals surface area contributed by atoms with E-state index >= 15 is 0 Å². The number of aliphatic carboxylic acids is 2. The van der Waals surface area contributed by atoms with E-state index in [0.29, 0.717) is 12.8 Å². The van der Waals surface area contributed by atoms with Gasteiger partial charge in [0.05, 0.1) is 0 Å².